The molecule has 0 heterocycles. The number of methoxy groups -OCH3 is 1. The maximum absolute atomic E-state index is 9.86. The first-order valence-corrected chi connectivity index (χ1v) is 5.56. The molecule has 1 unspecified atom stereocenters. The molecule has 0 aromatic heterocycles. The molecule has 1 atom stereocenters. The van der Waals surface area contributed by atoms with E-state index in [-0.39, 0.29) is 0 Å². The molecule has 0 fully saturated rings. The Morgan fingerprint density at radius 2 is 2.20 bits per heavy atom. The number of aliphatic hydroxyl groups is 1. The van der Waals surface area contributed by atoms with E-state index < -0.39 is 6.10 Å². The van der Waals surface area contributed by atoms with Gasteiger partial charge in [-0.3, -0.25) is 0 Å². The summed E-state index contributed by atoms with van der Waals surface area (Å²) in [7, 11) is 3.43. The fourth-order valence-electron chi connectivity index (χ4n) is 1.48. The number of benzene rings is 1. The number of hydrogen-bond donors (Lipinski definition) is 2. The summed E-state index contributed by atoms with van der Waals surface area (Å²) in [5.74, 6) is 0.780. The smallest absolute Gasteiger partial charge is 0.136 e. The molecule has 4 heteroatoms. The van der Waals surface area contributed by atoms with Crippen LogP contribution in [0.5, 0.6) is 5.75 Å². The maximum atomic E-state index is 9.86. The van der Waals surface area contributed by atoms with Gasteiger partial charge < -0.3 is 15.2 Å². The summed E-state index contributed by atoms with van der Waals surface area (Å²) in [5.41, 5.74) is 1.89. The Hall–Kier alpha value is -0.580. The third kappa shape index (κ3) is 2.71. The third-order valence-electron chi connectivity index (χ3n) is 2.28. The topological polar surface area (TPSA) is 41.5 Å². The van der Waals surface area contributed by atoms with Crippen molar-refractivity contribution in [2.24, 2.45) is 0 Å². The van der Waals surface area contributed by atoms with Gasteiger partial charge in [0.05, 0.1) is 17.7 Å². The van der Waals surface area contributed by atoms with E-state index in [0.29, 0.717) is 6.54 Å². The molecule has 0 aliphatic rings. The quantitative estimate of drug-likeness (QED) is 0.882. The molecule has 15 heavy (non-hydrogen) atoms. The normalized spacial score (nSPS) is 12.6. The van der Waals surface area contributed by atoms with Crippen molar-refractivity contribution in [3.05, 3.63) is 27.7 Å². The van der Waals surface area contributed by atoms with Gasteiger partial charge in [-0.05, 0) is 41.0 Å². The summed E-state index contributed by atoms with van der Waals surface area (Å²) in [6.45, 7) is 2.49. The van der Waals surface area contributed by atoms with Crippen LogP contribution in [0.1, 0.15) is 17.2 Å². The molecule has 1 aromatic carbocycles. The van der Waals surface area contributed by atoms with E-state index in [1.807, 2.05) is 26.1 Å². The van der Waals surface area contributed by atoms with Crippen molar-refractivity contribution in [1.82, 2.24) is 5.32 Å². The summed E-state index contributed by atoms with van der Waals surface area (Å²) < 4.78 is 6.09. The molecule has 0 saturated heterocycles. The molecule has 0 aliphatic heterocycles. The van der Waals surface area contributed by atoms with E-state index in [4.69, 9.17) is 4.74 Å². The number of hydrogen-bond acceptors (Lipinski definition) is 3. The van der Waals surface area contributed by atoms with Crippen molar-refractivity contribution in [3.8, 4) is 5.75 Å². The van der Waals surface area contributed by atoms with Crippen LogP contribution < -0.4 is 10.1 Å². The lowest BCUT2D eigenvalue weighted by Gasteiger charge is -2.16. The van der Waals surface area contributed by atoms with Crippen LogP contribution in [0.3, 0.4) is 0 Å². The van der Waals surface area contributed by atoms with Gasteiger partial charge in [-0.15, -0.1) is 0 Å². The molecule has 2 N–H and O–H groups in total. The highest BCUT2D eigenvalue weighted by Gasteiger charge is 2.15. The first kappa shape index (κ1) is 12.5. The Balaban J connectivity index is 3.09. The van der Waals surface area contributed by atoms with Crippen LogP contribution >= 0.6 is 15.9 Å². The number of nitrogens with one attached hydrogen (secondary N) is 1. The van der Waals surface area contributed by atoms with E-state index in [2.05, 4.69) is 21.2 Å². The van der Waals surface area contributed by atoms with Crippen LogP contribution in [0.4, 0.5) is 0 Å². The van der Waals surface area contributed by atoms with Crippen molar-refractivity contribution in [3.63, 3.8) is 0 Å². The molecular formula is C11H16BrNO2. The molecular weight excluding hydrogens is 258 g/mol. The lowest BCUT2D eigenvalue weighted by Crippen LogP contribution is -2.17. The van der Waals surface area contributed by atoms with Crippen LogP contribution in [0.15, 0.2) is 16.6 Å². The number of ether oxygens (including phenoxy) is 1. The van der Waals surface area contributed by atoms with Gasteiger partial charge in [0.1, 0.15) is 5.75 Å². The molecule has 0 amide bonds. The van der Waals surface area contributed by atoms with Crippen molar-refractivity contribution < 1.29 is 9.84 Å². The van der Waals surface area contributed by atoms with Gasteiger partial charge in [-0.25, -0.2) is 0 Å². The van der Waals surface area contributed by atoms with Gasteiger partial charge in [0.2, 0.25) is 0 Å². The van der Waals surface area contributed by atoms with Crippen molar-refractivity contribution >= 4 is 15.9 Å². The van der Waals surface area contributed by atoms with Crippen LogP contribution in [-0.2, 0) is 0 Å². The summed E-state index contributed by atoms with van der Waals surface area (Å²) in [4.78, 5) is 0. The van der Waals surface area contributed by atoms with Crippen LogP contribution in [0.2, 0.25) is 0 Å². The molecule has 0 aliphatic carbocycles. The minimum atomic E-state index is -0.529. The zero-order chi connectivity index (χ0) is 11.4. The Labute approximate surface area is 98.6 Å². The number of likely N-dealkylation sites (N-methyl/N-ethyl adjacent to an activating group) is 1. The Kier molecular flexibility index (Phi) is 4.57. The summed E-state index contributed by atoms with van der Waals surface area (Å²) in [6.07, 6.45) is -0.529. The van der Waals surface area contributed by atoms with E-state index in [1.165, 1.54) is 0 Å². The van der Waals surface area contributed by atoms with Crippen LogP contribution in [0, 0.1) is 6.92 Å². The average Bonchev–Trinajstić information content (AvgIpc) is 2.18. The number of halogens is 1. The van der Waals surface area contributed by atoms with E-state index >= 15 is 0 Å². The first-order chi connectivity index (χ1) is 7.11. The summed E-state index contributed by atoms with van der Waals surface area (Å²) >= 11 is 3.45. The largest absolute Gasteiger partial charge is 0.495 e. The molecule has 1 aromatic rings. The second-order valence-electron chi connectivity index (χ2n) is 3.39. The predicted octanol–water partition coefficient (Wildman–Crippen LogP) is 2.02. The summed E-state index contributed by atoms with van der Waals surface area (Å²) in [6, 6.07) is 3.85. The minimum absolute atomic E-state index is 0.519. The van der Waals surface area contributed by atoms with E-state index in [1.54, 1.807) is 7.11 Å². The van der Waals surface area contributed by atoms with Gasteiger partial charge in [-0.1, -0.05) is 12.1 Å². The fourth-order valence-corrected chi connectivity index (χ4v) is 2.35. The van der Waals surface area contributed by atoms with Crippen LogP contribution in [-0.4, -0.2) is 25.8 Å². The standard InChI is InChI=1S/C11H16BrNO2/c1-7-4-5-8(9(14)6-13-2)10(12)11(7)15-3/h4-5,9,13-14H,6H2,1-3H3. The highest BCUT2D eigenvalue weighted by molar-refractivity contribution is 9.10. The number of rotatable bonds is 4. The SMILES string of the molecule is CNCC(O)c1ccc(C)c(OC)c1Br. The Morgan fingerprint density at radius 3 is 2.73 bits per heavy atom. The number of aryl methyl sites for hydroxylation is 1. The molecule has 84 valence electrons. The van der Waals surface area contributed by atoms with Crippen molar-refractivity contribution in [2.45, 2.75) is 13.0 Å². The van der Waals surface area contributed by atoms with Gasteiger partial charge in [0, 0.05) is 6.54 Å². The van der Waals surface area contributed by atoms with Crippen molar-refractivity contribution in [1.29, 1.82) is 0 Å². The third-order valence-corrected chi connectivity index (χ3v) is 3.10. The monoisotopic (exact) mass is 273 g/mol. The zero-order valence-electron chi connectivity index (χ0n) is 9.17. The number of aliphatic hydroxyl groups excluding tert-OH is 1. The fraction of sp³-hybridized carbons (Fsp3) is 0.455. The second kappa shape index (κ2) is 5.49. The average molecular weight is 274 g/mol. The molecule has 0 bridgehead atoms. The Morgan fingerprint density at radius 1 is 1.53 bits per heavy atom. The maximum Gasteiger partial charge on any atom is 0.136 e. The van der Waals surface area contributed by atoms with Crippen molar-refractivity contribution in [2.75, 3.05) is 20.7 Å². The van der Waals surface area contributed by atoms with Gasteiger partial charge in [-0.2, -0.15) is 0 Å². The second-order valence-corrected chi connectivity index (χ2v) is 4.19. The molecule has 0 radical (unpaired) electrons. The molecule has 1 rings (SSSR count). The lowest BCUT2D eigenvalue weighted by molar-refractivity contribution is 0.176. The Bertz CT molecular complexity index is 342. The van der Waals surface area contributed by atoms with Gasteiger partial charge in [0.25, 0.3) is 0 Å². The molecule has 0 saturated carbocycles. The van der Waals surface area contributed by atoms with Gasteiger partial charge in [0.15, 0.2) is 0 Å². The van der Waals surface area contributed by atoms with Crippen LogP contribution in [0.25, 0.3) is 0 Å². The lowest BCUT2D eigenvalue weighted by atomic mass is 10.1. The van der Waals surface area contributed by atoms with Gasteiger partial charge >= 0.3 is 0 Å². The van der Waals surface area contributed by atoms with E-state index in [0.717, 1.165) is 21.3 Å². The zero-order valence-corrected chi connectivity index (χ0v) is 10.8. The molecule has 0 spiro atoms. The molecule has 3 nitrogen and oxygen atoms in total. The van der Waals surface area contributed by atoms with E-state index in [9.17, 15) is 5.11 Å². The highest BCUT2D eigenvalue weighted by Crippen LogP contribution is 2.34. The first-order valence-electron chi connectivity index (χ1n) is 4.77. The minimum Gasteiger partial charge on any atom is -0.495 e. The summed E-state index contributed by atoms with van der Waals surface area (Å²) in [5, 5.41) is 12.8. The highest BCUT2D eigenvalue weighted by atomic mass is 79.9. The predicted molar refractivity (Wildman–Crippen MR) is 64.3 cm³/mol.